The average molecular weight is 317 g/mol. The Morgan fingerprint density at radius 3 is 2.52 bits per heavy atom. The van der Waals surface area contributed by atoms with Gasteiger partial charge in [-0.3, -0.25) is 0 Å². The monoisotopic (exact) mass is 317 g/mol. The maximum Gasteiger partial charge on any atom is 0.435 e. The molecule has 4 rings (SSSR count). The Kier molecular flexibility index (Phi) is 2.72. The average Bonchev–Trinajstić information content (AvgIpc) is 3.13. The second-order valence-corrected chi connectivity index (χ2v) is 5.09. The van der Waals surface area contributed by atoms with Crippen molar-refractivity contribution < 1.29 is 13.2 Å². The van der Waals surface area contributed by atoms with Crippen LogP contribution in [-0.2, 0) is 13.2 Å². The van der Waals surface area contributed by atoms with Crippen molar-refractivity contribution in [3.63, 3.8) is 0 Å². The molecule has 8 heteroatoms. The van der Waals surface area contributed by atoms with Gasteiger partial charge in [0, 0.05) is 24.8 Å². The first kappa shape index (κ1) is 13.7. The molecule has 0 aliphatic carbocycles. The molecule has 4 aromatic rings. The first-order chi connectivity index (χ1) is 11.0. The topological polar surface area (TPSA) is 48.5 Å². The first-order valence-corrected chi connectivity index (χ1v) is 6.79. The van der Waals surface area contributed by atoms with Gasteiger partial charge in [0.1, 0.15) is 5.52 Å². The van der Waals surface area contributed by atoms with Crippen LogP contribution in [0.25, 0.3) is 27.9 Å². The van der Waals surface area contributed by atoms with Crippen molar-refractivity contribution in [1.82, 2.24) is 24.3 Å². The zero-order valence-corrected chi connectivity index (χ0v) is 11.9. The third-order valence-corrected chi connectivity index (χ3v) is 3.67. The highest BCUT2D eigenvalue weighted by atomic mass is 19.4. The van der Waals surface area contributed by atoms with Crippen LogP contribution in [0.2, 0.25) is 0 Å². The Morgan fingerprint density at radius 2 is 1.83 bits per heavy atom. The lowest BCUT2D eigenvalue weighted by Gasteiger charge is -2.09. The van der Waals surface area contributed by atoms with Gasteiger partial charge in [0.15, 0.2) is 5.69 Å². The zero-order valence-electron chi connectivity index (χ0n) is 11.9. The molecule has 0 saturated carbocycles. The number of imidazole rings is 1. The number of rotatable bonds is 1. The molecule has 0 amide bonds. The standard InChI is InChI=1S/C15H10F3N5/c1-22-12-9-5-2-3-6-10(9)20-13(15(16,17)18)11(12)21-14(22)23-8-4-7-19-23/h2-8H,1H3. The third kappa shape index (κ3) is 1.98. The summed E-state index contributed by atoms with van der Waals surface area (Å²) in [5.41, 5.74) is -0.500. The summed E-state index contributed by atoms with van der Waals surface area (Å²) in [4.78, 5) is 7.93. The molecular formula is C15H10F3N5. The molecule has 5 nitrogen and oxygen atoms in total. The Morgan fingerprint density at radius 1 is 1.04 bits per heavy atom. The van der Waals surface area contributed by atoms with Crippen molar-refractivity contribution in [2.24, 2.45) is 7.05 Å². The van der Waals surface area contributed by atoms with E-state index in [1.165, 1.54) is 4.68 Å². The Balaban J connectivity index is 2.20. The molecule has 0 N–H and O–H groups in total. The SMILES string of the molecule is Cn1c(-n2cccn2)nc2c(C(F)(F)F)nc3ccccc3c21. The van der Waals surface area contributed by atoms with Crippen LogP contribution in [0.4, 0.5) is 13.2 Å². The highest BCUT2D eigenvalue weighted by Gasteiger charge is 2.37. The van der Waals surface area contributed by atoms with E-state index in [0.29, 0.717) is 16.9 Å². The van der Waals surface area contributed by atoms with E-state index in [4.69, 9.17) is 0 Å². The van der Waals surface area contributed by atoms with Crippen LogP contribution in [-0.4, -0.2) is 24.3 Å². The van der Waals surface area contributed by atoms with E-state index in [1.807, 2.05) is 0 Å². The minimum Gasteiger partial charge on any atom is -0.311 e. The van der Waals surface area contributed by atoms with Gasteiger partial charge in [0.05, 0.1) is 11.0 Å². The van der Waals surface area contributed by atoms with E-state index < -0.39 is 11.9 Å². The van der Waals surface area contributed by atoms with Crippen molar-refractivity contribution in [1.29, 1.82) is 0 Å². The third-order valence-electron chi connectivity index (χ3n) is 3.67. The normalized spacial score (nSPS) is 12.3. The molecule has 0 bridgehead atoms. The zero-order chi connectivity index (χ0) is 16.2. The summed E-state index contributed by atoms with van der Waals surface area (Å²) in [5.74, 6) is 0.300. The summed E-state index contributed by atoms with van der Waals surface area (Å²) in [6.07, 6.45) is -1.41. The summed E-state index contributed by atoms with van der Waals surface area (Å²) in [6, 6.07) is 8.40. The summed E-state index contributed by atoms with van der Waals surface area (Å²) in [5, 5.41) is 4.66. The Bertz CT molecular complexity index is 1020. The summed E-state index contributed by atoms with van der Waals surface area (Å²) in [6.45, 7) is 0. The van der Waals surface area contributed by atoms with Crippen LogP contribution in [0.15, 0.2) is 42.7 Å². The number of aryl methyl sites for hydroxylation is 1. The van der Waals surface area contributed by atoms with Gasteiger partial charge in [-0.2, -0.15) is 18.3 Å². The van der Waals surface area contributed by atoms with Crippen LogP contribution < -0.4 is 0 Å². The number of pyridine rings is 1. The summed E-state index contributed by atoms with van der Waals surface area (Å²) < 4.78 is 43.2. The molecule has 23 heavy (non-hydrogen) atoms. The van der Waals surface area contributed by atoms with Crippen molar-refractivity contribution in [3.05, 3.63) is 48.4 Å². The van der Waals surface area contributed by atoms with Gasteiger partial charge >= 0.3 is 6.18 Å². The van der Waals surface area contributed by atoms with E-state index in [2.05, 4.69) is 15.1 Å². The molecule has 0 radical (unpaired) electrons. The van der Waals surface area contributed by atoms with Gasteiger partial charge in [-0.25, -0.2) is 14.6 Å². The predicted octanol–water partition coefficient (Wildman–Crippen LogP) is 3.33. The first-order valence-electron chi connectivity index (χ1n) is 6.79. The number of nitrogens with zero attached hydrogens (tertiary/aromatic N) is 5. The lowest BCUT2D eigenvalue weighted by atomic mass is 10.1. The van der Waals surface area contributed by atoms with Gasteiger partial charge < -0.3 is 4.57 Å². The molecule has 116 valence electrons. The fraction of sp³-hybridized carbons (Fsp3) is 0.133. The van der Waals surface area contributed by atoms with Crippen molar-refractivity contribution in [3.8, 4) is 5.95 Å². The highest BCUT2D eigenvalue weighted by Crippen LogP contribution is 2.36. The van der Waals surface area contributed by atoms with Crippen molar-refractivity contribution in [2.75, 3.05) is 0 Å². The second kappa shape index (κ2) is 4.55. The fourth-order valence-electron chi connectivity index (χ4n) is 2.69. The van der Waals surface area contributed by atoms with Crippen molar-refractivity contribution in [2.45, 2.75) is 6.18 Å². The number of para-hydroxylation sites is 1. The molecule has 0 saturated heterocycles. The number of benzene rings is 1. The second-order valence-electron chi connectivity index (χ2n) is 5.09. The van der Waals surface area contributed by atoms with Crippen LogP contribution >= 0.6 is 0 Å². The van der Waals surface area contributed by atoms with Gasteiger partial charge in [-0.15, -0.1) is 0 Å². The molecular weight excluding hydrogens is 307 g/mol. The maximum absolute atomic E-state index is 13.4. The van der Waals surface area contributed by atoms with Crippen LogP contribution in [0.5, 0.6) is 0 Å². The summed E-state index contributed by atoms with van der Waals surface area (Å²) >= 11 is 0. The maximum atomic E-state index is 13.4. The molecule has 0 aliphatic heterocycles. The van der Waals surface area contributed by atoms with E-state index in [-0.39, 0.29) is 11.0 Å². The van der Waals surface area contributed by atoms with Gasteiger partial charge in [-0.05, 0) is 12.1 Å². The predicted molar refractivity (Wildman–Crippen MR) is 78.1 cm³/mol. The Labute approximate surface area is 128 Å². The van der Waals surface area contributed by atoms with Crippen LogP contribution in [0.1, 0.15) is 5.69 Å². The lowest BCUT2D eigenvalue weighted by Crippen LogP contribution is -2.09. The molecule has 0 atom stereocenters. The number of hydrogen-bond donors (Lipinski definition) is 0. The van der Waals surface area contributed by atoms with Gasteiger partial charge in [-0.1, -0.05) is 18.2 Å². The number of alkyl halides is 3. The molecule has 3 heterocycles. The van der Waals surface area contributed by atoms with Gasteiger partial charge in [0.2, 0.25) is 5.95 Å². The Hall–Kier alpha value is -2.90. The van der Waals surface area contributed by atoms with Gasteiger partial charge in [0.25, 0.3) is 0 Å². The molecule has 1 aromatic carbocycles. The van der Waals surface area contributed by atoms with E-state index in [9.17, 15) is 13.2 Å². The minimum absolute atomic E-state index is 0.177. The number of halogens is 3. The van der Waals surface area contributed by atoms with Crippen LogP contribution in [0, 0.1) is 0 Å². The molecule has 0 fully saturated rings. The fourth-order valence-corrected chi connectivity index (χ4v) is 2.69. The molecule has 0 spiro atoms. The summed E-state index contributed by atoms with van der Waals surface area (Å²) in [7, 11) is 1.67. The highest BCUT2D eigenvalue weighted by molar-refractivity contribution is 6.04. The van der Waals surface area contributed by atoms with Crippen LogP contribution in [0.3, 0.4) is 0 Å². The number of aromatic nitrogens is 5. The number of fused-ring (bicyclic) bond motifs is 3. The minimum atomic E-state index is -4.59. The quantitative estimate of drug-likeness (QED) is 0.541. The van der Waals surface area contributed by atoms with E-state index in [1.54, 1.807) is 54.3 Å². The molecule has 3 aromatic heterocycles. The smallest absolute Gasteiger partial charge is 0.311 e. The molecule has 0 aliphatic rings. The van der Waals surface area contributed by atoms with E-state index in [0.717, 1.165) is 0 Å². The van der Waals surface area contributed by atoms with E-state index >= 15 is 0 Å². The lowest BCUT2D eigenvalue weighted by molar-refractivity contribution is -0.139. The number of hydrogen-bond acceptors (Lipinski definition) is 3. The molecule has 0 unspecified atom stereocenters. The van der Waals surface area contributed by atoms with Crippen molar-refractivity contribution >= 4 is 21.9 Å². The largest absolute Gasteiger partial charge is 0.435 e.